The van der Waals surface area contributed by atoms with E-state index in [0.717, 1.165) is 35.1 Å². The number of rotatable bonds is 6. The van der Waals surface area contributed by atoms with Crippen LogP contribution in [0.4, 0.5) is 11.4 Å². The van der Waals surface area contributed by atoms with E-state index in [0.29, 0.717) is 42.4 Å². The van der Waals surface area contributed by atoms with E-state index in [9.17, 15) is 4.79 Å². The minimum atomic E-state index is -0.797. The summed E-state index contributed by atoms with van der Waals surface area (Å²) in [4.78, 5) is 12.6. The van der Waals surface area contributed by atoms with Crippen LogP contribution in [0.25, 0.3) is 0 Å². The van der Waals surface area contributed by atoms with Crippen molar-refractivity contribution in [1.29, 1.82) is 0 Å². The van der Waals surface area contributed by atoms with Crippen molar-refractivity contribution in [2.24, 2.45) is 11.5 Å². The second-order valence-electron chi connectivity index (χ2n) is 8.58. The number of nitrogen functional groups attached to an aromatic ring is 1. The van der Waals surface area contributed by atoms with Crippen molar-refractivity contribution in [3.8, 4) is 11.5 Å². The SMILES string of the molecule is NCCCC[C@H](N)C(=O)Nc1ccc2c(c1)Oc1cc(N)ccc1C21OCc2ccccc21. The molecule has 33 heavy (non-hydrogen) atoms. The Bertz CT molecular complexity index is 1210. The number of hydrogen-bond donors (Lipinski definition) is 4. The molecule has 170 valence electrons. The second-order valence-corrected chi connectivity index (χ2v) is 8.58. The van der Waals surface area contributed by atoms with Gasteiger partial charge in [0.1, 0.15) is 11.5 Å². The molecule has 7 N–H and O–H groups in total. The number of anilines is 2. The summed E-state index contributed by atoms with van der Waals surface area (Å²) >= 11 is 0. The lowest BCUT2D eigenvalue weighted by Crippen LogP contribution is -2.36. The molecule has 0 saturated carbocycles. The number of amides is 1. The normalized spacial score (nSPS) is 18.7. The van der Waals surface area contributed by atoms with Gasteiger partial charge in [-0.1, -0.05) is 30.7 Å². The average molecular weight is 445 g/mol. The molecule has 1 spiro atoms. The molecule has 0 bridgehead atoms. The Labute approximate surface area is 192 Å². The maximum atomic E-state index is 12.6. The van der Waals surface area contributed by atoms with Crippen LogP contribution in [0.1, 0.15) is 41.5 Å². The molecular weight excluding hydrogens is 416 g/mol. The molecule has 0 aliphatic carbocycles. The molecule has 2 heterocycles. The highest BCUT2D eigenvalue weighted by molar-refractivity contribution is 5.95. The fraction of sp³-hybridized carbons (Fsp3) is 0.269. The van der Waals surface area contributed by atoms with Crippen LogP contribution in [-0.2, 0) is 21.7 Å². The molecule has 5 rings (SSSR count). The number of carbonyl (C=O) groups excluding carboxylic acids is 1. The van der Waals surface area contributed by atoms with Crippen LogP contribution in [-0.4, -0.2) is 18.5 Å². The van der Waals surface area contributed by atoms with E-state index < -0.39 is 11.6 Å². The Morgan fingerprint density at radius 2 is 1.76 bits per heavy atom. The van der Waals surface area contributed by atoms with Crippen LogP contribution in [0.5, 0.6) is 11.5 Å². The predicted octanol–water partition coefficient (Wildman–Crippen LogP) is 3.59. The Morgan fingerprint density at radius 3 is 2.58 bits per heavy atom. The van der Waals surface area contributed by atoms with E-state index in [2.05, 4.69) is 17.4 Å². The molecule has 7 nitrogen and oxygen atoms in total. The maximum absolute atomic E-state index is 12.6. The van der Waals surface area contributed by atoms with E-state index >= 15 is 0 Å². The first kappa shape index (κ1) is 21.5. The third kappa shape index (κ3) is 3.64. The van der Waals surface area contributed by atoms with Crippen LogP contribution in [0, 0.1) is 0 Å². The van der Waals surface area contributed by atoms with E-state index in [1.165, 1.54) is 0 Å². The number of unbranched alkanes of at least 4 members (excludes halogenated alkanes) is 1. The van der Waals surface area contributed by atoms with Crippen molar-refractivity contribution in [2.75, 3.05) is 17.6 Å². The number of ether oxygens (including phenoxy) is 2. The van der Waals surface area contributed by atoms with Gasteiger partial charge in [-0.15, -0.1) is 0 Å². The molecule has 2 aliphatic rings. The number of carbonyl (C=O) groups is 1. The van der Waals surface area contributed by atoms with Gasteiger partial charge in [-0.05, 0) is 54.8 Å². The largest absolute Gasteiger partial charge is 0.456 e. The highest BCUT2D eigenvalue weighted by atomic mass is 16.5. The van der Waals surface area contributed by atoms with Gasteiger partial charge in [-0.25, -0.2) is 0 Å². The van der Waals surface area contributed by atoms with Crippen LogP contribution >= 0.6 is 0 Å². The van der Waals surface area contributed by atoms with Gasteiger partial charge in [-0.2, -0.15) is 0 Å². The zero-order valence-corrected chi connectivity index (χ0v) is 18.3. The maximum Gasteiger partial charge on any atom is 0.241 e. The standard InChI is InChI=1S/C26H28N4O3/c27-12-4-3-7-22(29)25(31)30-18-9-11-21-24(14-18)33-23-13-17(28)8-10-20(23)26(21)19-6-2-1-5-16(19)15-32-26/h1-2,5-6,8-11,13-14,22H,3-4,7,12,15,27-29H2,(H,30,31)/t22-,26?/m0/s1. The van der Waals surface area contributed by atoms with E-state index in [-0.39, 0.29) is 5.91 Å². The van der Waals surface area contributed by atoms with Gasteiger partial charge in [0.2, 0.25) is 5.91 Å². The lowest BCUT2D eigenvalue weighted by Gasteiger charge is -2.37. The van der Waals surface area contributed by atoms with Crippen LogP contribution < -0.4 is 27.3 Å². The Morgan fingerprint density at radius 1 is 1.00 bits per heavy atom. The first-order valence-corrected chi connectivity index (χ1v) is 11.2. The van der Waals surface area contributed by atoms with Gasteiger partial charge in [0.25, 0.3) is 0 Å². The van der Waals surface area contributed by atoms with Crippen molar-refractivity contribution in [2.45, 2.75) is 37.5 Å². The molecule has 1 amide bonds. The summed E-state index contributed by atoms with van der Waals surface area (Å²) in [6.45, 7) is 1.09. The Kier molecular flexibility index (Phi) is 5.54. The van der Waals surface area contributed by atoms with Gasteiger partial charge in [0.05, 0.1) is 12.6 Å². The fourth-order valence-electron chi connectivity index (χ4n) is 4.73. The summed E-state index contributed by atoms with van der Waals surface area (Å²) in [6, 6.07) is 18.9. The first-order valence-electron chi connectivity index (χ1n) is 11.2. The topological polar surface area (TPSA) is 126 Å². The number of benzene rings is 3. The van der Waals surface area contributed by atoms with E-state index in [1.807, 2.05) is 48.5 Å². The number of nitrogens with two attached hydrogens (primary N) is 3. The zero-order valence-electron chi connectivity index (χ0n) is 18.3. The van der Waals surface area contributed by atoms with Gasteiger partial charge in [-0.3, -0.25) is 4.79 Å². The summed E-state index contributed by atoms with van der Waals surface area (Å²) in [5.41, 5.74) is 22.1. The van der Waals surface area contributed by atoms with Gasteiger partial charge < -0.3 is 32.0 Å². The first-order chi connectivity index (χ1) is 16.0. The monoisotopic (exact) mass is 444 g/mol. The van der Waals surface area contributed by atoms with Crippen LogP contribution in [0.2, 0.25) is 0 Å². The summed E-state index contributed by atoms with van der Waals surface area (Å²) < 4.78 is 12.8. The van der Waals surface area contributed by atoms with Crippen LogP contribution in [0.3, 0.4) is 0 Å². The van der Waals surface area contributed by atoms with Crippen LogP contribution in [0.15, 0.2) is 60.7 Å². The minimum Gasteiger partial charge on any atom is -0.456 e. The van der Waals surface area contributed by atoms with Crippen molar-refractivity contribution in [3.63, 3.8) is 0 Å². The summed E-state index contributed by atoms with van der Waals surface area (Å²) in [6.07, 6.45) is 2.25. The third-order valence-corrected chi connectivity index (χ3v) is 6.38. The van der Waals surface area contributed by atoms with Gasteiger partial charge in [0, 0.05) is 34.6 Å². The third-order valence-electron chi connectivity index (χ3n) is 6.38. The van der Waals surface area contributed by atoms with Crippen molar-refractivity contribution in [1.82, 2.24) is 0 Å². The van der Waals surface area contributed by atoms with E-state index in [4.69, 9.17) is 26.7 Å². The highest BCUT2D eigenvalue weighted by Crippen LogP contribution is 2.56. The highest BCUT2D eigenvalue weighted by Gasteiger charge is 2.49. The number of hydrogen-bond acceptors (Lipinski definition) is 6. The molecule has 1 unspecified atom stereocenters. The molecule has 0 aromatic heterocycles. The molecule has 2 atom stereocenters. The Hall–Kier alpha value is -3.39. The Balaban J connectivity index is 1.52. The van der Waals surface area contributed by atoms with Crippen molar-refractivity contribution in [3.05, 3.63) is 82.9 Å². The molecule has 2 aliphatic heterocycles. The molecule has 3 aromatic rings. The molecule has 0 fully saturated rings. The van der Waals surface area contributed by atoms with Crippen molar-refractivity contribution < 1.29 is 14.3 Å². The van der Waals surface area contributed by atoms with Crippen molar-refractivity contribution >= 4 is 17.3 Å². The zero-order chi connectivity index (χ0) is 23.0. The molecule has 0 saturated heterocycles. The smallest absolute Gasteiger partial charge is 0.241 e. The summed E-state index contributed by atoms with van der Waals surface area (Å²) in [5, 5.41) is 2.91. The molecule has 7 heteroatoms. The summed E-state index contributed by atoms with van der Waals surface area (Å²) in [7, 11) is 0. The second kappa shape index (κ2) is 8.51. The van der Waals surface area contributed by atoms with Gasteiger partial charge in [0.15, 0.2) is 5.60 Å². The quantitative estimate of drug-likeness (QED) is 0.340. The molecule has 3 aromatic carbocycles. The average Bonchev–Trinajstić information content (AvgIpc) is 3.19. The molecular formula is C26H28N4O3. The fourth-order valence-corrected chi connectivity index (χ4v) is 4.73. The minimum absolute atomic E-state index is 0.232. The molecule has 0 radical (unpaired) electrons. The van der Waals surface area contributed by atoms with Gasteiger partial charge >= 0.3 is 0 Å². The lowest BCUT2D eigenvalue weighted by atomic mass is 9.77. The van der Waals surface area contributed by atoms with E-state index in [1.54, 1.807) is 0 Å². The lowest BCUT2D eigenvalue weighted by molar-refractivity contribution is -0.117. The number of fused-ring (bicyclic) bond motifs is 6. The number of nitrogens with one attached hydrogen (secondary N) is 1. The summed E-state index contributed by atoms with van der Waals surface area (Å²) in [5.74, 6) is 1.02. The predicted molar refractivity (Wildman–Crippen MR) is 128 cm³/mol.